The van der Waals surface area contributed by atoms with Crippen molar-refractivity contribution in [1.29, 1.82) is 0 Å². The number of benzene rings is 1. The van der Waals surface area contributed by atoms with E-state index >= 15 is 0 Å². The predicted octanol–water partition coefficient (Wildman–Crippen LogP) is -0.149. The minimum atomic E-state index is -1.08. The molecule has 1 saturated heterocycles. The number of nitrogens with two attached hydrogens (primary N) is 1. The lowest BCUT2D eigenvalue weighted by atomic mass is 10.0. The fourth-order valence-electron chi connectivity index (χ4n) is 1.87. The van der Waals surface area contributed by atoms with Gasteiger partial charge in [0.1, 0.15) is 24.1 Å². The molecule has 0 aliphatic carbocycles. The number of nitrogens with one attached hydrogen (secondary N) is 1. The quantitative estimate of drug-likeness (QED) is 0.583. The van der Waals surface area contributed by atoms with Crippen LogP contribution in [-0.4, -0.2) is 31.5 Å². The number of anilines is 1. The summed E-state index contributed by atoms with van der Waals surface area (Å²) in [4.78, 5) is 35.3. The van der Waals surface area contributed by atoms with Crippen LogP contribution in [-0.2, 0) is 9.59 Å². The van der Waals surface area contributed by atoms with Gasteiger partial charge in [-0.3, -0.25) is 15.0 Å². The van der Waals surface area contributed by atoms with Crippen LogP contribution in [0.25, 0.3) is 0 Å². The lowest BCUT2D eigenvalue weighted by molar-refractivity contribution is -0.129. The van der Waals surface area contributed by atoms with E-state index in [1.54, 1.807) is 24.3 Å². The van der Waals surface area contributed by atoms with E-state index < -0.39 is 24.0 Å². The van der Waals surface area contributed by atoms with Gasteiger partial charge in [0, 0.05) is 5.69 Å². The summed E-state index contributed by atoms with van der Waals surface area (Å²) in [5.41, 5.74) is 6.28. The van der Waals surface area contributed by atoms with E-state index in [9.17, 15) is 14.4 Å². The number of carbonyl (C=O) groups excluding carboxylic acids is 3. The van der Waals surface area contributed by atoms with Crippen LogP contribution < -0.4 is 20.7 Å². The Morgan fingerprint density at radius 2 is 1.95 bits per heavy atom. The maximum absolute atomic E-state index is 11.8. The number of nitrogens with zero attached hydrogens (tertiary/aromatic N) is 1. The Morgan fingerprint density at radius 3 is 2.47 bits per heavy atom. The average molecular weight is 263 g/mol. The van der Waals surface area contributed by atoms with Gasteiger partial charge in [-0.15, -0.1) is 0 Å². The summed E-state index contributed by atoms with van der Waals surface area (Å²) in [5.74, 6) is -1.14. The van der Waals surface area contributed by atoms with Crippen LogP contribution in [0.5, 0.6) is 5.75 Å². The van der Waals surface area contributed by atoms with Gasteiger partial charge < -0.3 is 15.3 Å². The van der Waals surface area contributed by atoms with Crippen molar-refractivity contribution in [3.8, 4) is 5.75 Å². The first kappa shape index (κ1) is 13.0. The van der Waals surface area contributed by atoms with Crippen LogP contribution >= 0.6 is 0 Å². The highest BCUT2D eigenvalue weighted by molar-refractivity contribution is 6.11. The molecule has 1 heterocycles. The molecule has 3 N–H and O–H groups in total. The Bertz CT molecular complexity index is 514. The maximum Gasteiger partial charge on any atom is 0.329 e. The smallest absolute Gasteiger partial charge is 0.329 e. The number of hydrogen-bond acceptors (Lipinski definition) is 5. The van der Waals surface area contributed by atoms with Crippen molar-refractivity contribution in [2.24, 2.45) is 11.7 Å². The molecule has 1 aromatic rings. The molecule has 1 aliphatic heterocycles. The molecule has 0 radical (unpaired) electrons. The van der Waals surface area contributed by atoms with Gasteiger partial charge in [-0.25, -0.2) is 4.79 Å². The van der Waals surface area contributed by atoms with Crippen molar-refractivity contribution in [3.63, 3.8) is 0 Å². The normalized spacial score (nSPS) is 22.9. The van der Waals surface area contributed by atoms with Crippen molar-refractivity contribution in [2.45, 2.75) is 6.17 Å². The largest absolute Gasteiger partial charge is 0.497 e. The molecule has 0 aromatic heterocycles. The third kappa shape index (κ3) is 2.27. The summed E-state index contributed by atoms with van der Waals surface area (Å²) in [5, 5.41) is 2.09. The molecule has 0 bridgehead atoms. The summed E-state index contributed by atoms with van der Waals surface area (Å²) in [7, 11) is 1.52. The van der Waals surface area contributed by atoms with E-state index in [0.717, 1.165) is 0 Å². The summed E-state index contributed by atoms with van der Waals surface area (Å²) >= 11 is 0. The van der Waals surface area contributed by atoms with Crippen LogP contribution in [0.15, 0.2) is 24.3 Å². The molecule has 100 valence electrons. The zero-order valence-corrected chi connectivity index (χ0v) is 10.2. The SMILES string of the molecule is COc1ccc(N2C(=O)NC(=O)C(C=O)C2N)cc1. The number of ether oxygens (including phenoxy) is 1. The van der Waals surface area contributed by atoms with Crippen LogP contribution in [0, 0.1) is 5.92 Å². The third-order valence-electron chi connectivity index (χ3n) is 2.91. The Labute approximate surface area is 109 Å². The van der Waals surface area contributed by atoms with Crippen LogP contribution in [0.4, 0.5) is 10.5 Å². The molecular formula is C12H13N3O4. The van der Waals surface area contributed by atoms with Gasteiger partial charge in [0.25, 0.3) is 0 Å². The van der Waals surface area contributed by atoms with Gasteiger partial charge in [0.15, 0.2) is 0 Å². The monoisotopic (exact) mass is 263 g/mol. The van der Waals surface area contributed by atoms with E-state index in [-0.39, 0.29) is 0 Å². The zero-order chi connectivity index (χ0) is 14.0. The summed E-state index contributed by atoms with van der Waals surface area (Å²) in [6, 6.07) is 5.90. The zero-order valence-electron chi connectivity index (χ0n) is 10.2. The molecule has 2 rings (SSSR count). The van der Waals surface area contributed by atoms with Crippen molar-refractivity contribution in [1.82, 2.24) is 5.32 Å². The Kier molecular flexibility index (Phi) is 3.48. The molecule has 1 aromatic carbocycles. The first-order valence-electron chi connectivity index (χ1n) is 5.57. The molecule has 2 unspecified atom stereocenters. The number of urea groups is 1. The molecule has 1 aliphatic rings. The summed E-state index contributed by atoms with van der Waals surface area (Å²) in [6.45, 7) is 0. The van der Waals surface area contributed by atoms with Crippen molar-refractivity contribution >= 4 is 23.9 Å². The molecule has 19 heavy (non-hydrogen) atoms. The molecule has 7 nitrogen and oxygen atoms in total. The molecule has 2 atom stereocenters. The molecule has 3 amide bonds. The first-order chi connectivity index (χ1) is 9.08. The van der Waals surface area contributed by atoms with Crippen molar-refractivity contribution in [3.05, 3.63) is 24.3 Å². The highest BCUT2D eigenvalue weighted by atomic mass is 16.5. The van der Waals surface area contributed by atoms with Crippen LogP contribution in [0.2, 0.25) is 0 Å². The lowest BCUT2D eigenvalue weighted by Crippen LogP contribution is -2.64. The van der Waals surface area contributed by atoms with E-state index in [1.807, 2.05) is 0 Å². The number of methoxy groups -OCH3 is 1. The molecule has 1 fully saturated rings. The van der Waals surface area contributed by atoms with E-state index in [0.29, 0.717) is 17.7 Å². The second-order valence-corrected chi connectivity index (χ2v) is 4.01. The average Bonchev–Trinajstić information content (AvgIpc) is 2.39. The fraction of sp³-hybridized carbons (Fsp3) is 0.250. The first-order valence-corrected chi connectivity index (χ1v) is 5.57. The van der Waals surface area contributed by atoms with Gasteiger partial charge in [0.05, 0.1) is 7.11 Å². The van der Waals surface area contributed by atoms with Gasteiger partial charge >= 0.3 is 6.03 Å². The van der Waals surface area contributed by atoms with Gasteiger partial charge in [-0.2, -0.15) is 0 Å². The standard InChI is InChI=1S/C12H13N3O4/c1-19-8-4-2-7(3-5-8)15-10(13)9(6-16)11(17)14-12(15)18/h2-6,9-10H,13H2,1H3,(H,14,17,18). The summed E-state index contributed by atoms with van der Waals surface area (Å²) < 4.78 is 5.01. The second kappa shape index (κ2) is 5.07. The van der Waals surface area contributed by atoms with Crippen molar-refractivity contribution < 1.29 is 19.1 Å². The van der Waals surface area contributed by atoms with Crippen LogP contribution in [0.3, 0.4) is 0 Å². The second-order valence-electron chi connectivity index (χ2n) is 4.01. The molecular weight excluding hydrogens is 250 g/mol. The third-order valence-corrected chi connectivity index (χ3v) is 2.91. The van der Waals surface area contributed by atoms with E-state index in [1.165, 1.54) is 12.0 Å². The fourth-order valence-corrected chi connectivity index (χ4v) is 1.87. The Hall–Kier alpha value is -2.41. The molecule has 0 saturated carbocycles. The van der Waals surface area contributed by atoms with Gasteiger partial charge in [0.2, 0.25) is 5.91 Å². The number of hydrogen-bond donors (Lipinski definition) is 2. The maximum atomic E-state index is 11.8. The Morgan fingerprint density at radius 1 is 1.32 bits per heavy atom. The van der Waals surface area contributed by atoms with Crippen molar-refractivity contribution in [2.75, 3.05) is 12.0 Å². The van der Waals surface area contributed by atoms with E-state index in [4.69, 9.17) is 10.5 Å². The topological polar surface area (TPSA) is 102 Å². The van der Waals surface area contributed by atoms with Crippen LogP contribution in [0.1, 0.15) is 0 Å². The number of imide groups is 1. The van der Waals surface area contributed by atoms with Gasteiger partial charge in [-0.1, -0.05) is 0 Å². The predicted molar refractivity (Wildman–Crippen MR) is 66.5 cm³/mol. The molecule has 0 spiro atoms. The highest BCUT2D eigenvalue weighted by Crippen LogP contribution is 2.24. The van der Waals surface area contributed by atoms with E-state index in [2.05, 4.69) is 5.32 Å². The number of carbonyl (C=O) groups is 3. The highest BCUT2D eigenvalue weighted by Gasteiger charge is 2.39. The number of amides is 3. The Balaban J connectivity index is 2.33. The number of rotatable bonds is 3. The minimum Gasteiger partial charge on any atom is -0.497 e. The summed E-state index contributed by atoms with van der Waals surface area (Å²) in [6.07, 6.45) is -0.588. The minimum absolute atomic E-state index is 0.433. The number of aldehydes is 1. The van der Waals surface area contributed by atoms with Gasteiger partial charge in [-0.05, 0) is 24.3 Å². The lowest BCUT2D eigenvalue weighted by Gasteiger charge is -2.35. The molecule has 7 heteroatoms.